The average Bonchev–Trinajstić information content (AvgIpc) is 3.18. The molecule has 11 heteroatoms. The fourth-order valence-corrected chi connectivity index (χ4v) is 4.41. The Labute approximate surface area is 228 Å². The van der Waals surface area contributed by atoms with Crippen LogP contribution in [0.25, 0.3) is 5.76 Å². The van der Waals surface area contributed by atoms with Crippen molar-refractivity contribution < 1.29 is 46.8 Å². The van der Waals surface area contributed by atoms with Gasteiger partial charge in [0.15, 0.2) is 0 Å². The number of ketones is 1. The minimum atomic E-state index is -4.97. The number of benzene rings is 3. The van der Waals surface area contributed by atoms with Gasteiger partial charge in [0.1, 0.15) is 28.8 Å². The van der Waals surface area contributed by atoms with Gasteiger partial charge < -0.3 is 24.1 Å². The molecule has 1 amide bonds. The van der Waals surface area contributed by atoms with Gasteiger partial charge in [-0.3, -0.25) is 14.5 Å². The summed E-state index contributed by atoms with van der Waals surface area (Å²) in [5.41, 5.74) is 0.214. The van der Waals surface area contributed by atoms with Crippen LogP contribution in [0.3, 0.4) is 0 Å². The highest BCUT2D eigenvalue weighted by Crippen LogP contribution is 2.44. The summed E-state index contributed by atoms with van der Waals surface area (Å²) in [7, 11) is 1.47. The number of hydrogen-bond acceptors (Lipinski definition) is 7. The Hall–Kier alpha value is -4.67. The van der Waals surface area contributed by atoms with Gasteiger partial charge in [0.25, 0.3) is 11.7 Å². The fraction of sp³-hybridized carbons (Fsp3) is 0.241. The lowest BCUT2D eigenvalue weighted by Crippen LogP contribution is -2.29. The molecule has 3 aromatic carbocycles. The Morgan fingerprint density at radius 1 is 0.900 bits per heavy atom. The van der Waals surface area contributed by atoms with Crippen LogP contribution in [0, 0.1) is 0 Å². The number of methoxy groups -OCH3 is 1. The molecule has 0 saturated carbocycles. The van der Waals surface area contributed by atoms with Gasteiger partial charge in [0, 0.05) is 17.8 Å². The first kappa shape index (κ1) is 28.3. The maximum atomic E-state index is 13.5. The number of ether oxygens (including phenoxy) is 4. The van der Waals surface area contributed by atoms with Gasteiger partial charge in [-0.2, -0.15) is 0 Å². The van der Waals surface area contributed by atoms with Gasteiger partial charge in [-0.1, -0.05) is 18.2 Å². The van der Waals surface area contributed by atoms with E-state index in [0.717, 1.165) is 17.0 Å². The van der Waals surface area contributed by atoms with E-state index in [9.17, 15) is 27.9 Å². The molecule has 210 valence electrons. The van der Waals surface area contributed by atoms with Crippen molar-refractivity contribution in [1.29, 1.82) is 0 Å². The van der Waals surface area contributed by atoms with E-state index >= 15 is 0 Å². The van der Waals surface area contributed by atoms with Gasteiger partial charge in [-0.15, -0.1) is 13.2 Å². The van der Waals surface area contributed by atoms with Gasteiger partial charge >= 0.3 is 6.36 Å². The van der Waals surface area contributed by atoms with Crippen LogP contribution in [-0.2, 0) is 9.59 Å². The molecule has 1 aliphatic rings. The zero-order valence-corrected chi connectivity index (χ0v) is 21.8. The molecule has 1 saturated heterocycles. The van der Waals surface area contributed by atoms with Crippen molar-refractivity contribution >= 4 is 23.1 Å². The molecular formula is C29H26F3NO7. The molecule has 1 heterocycles. The number of halogens is 3. The van der Waals surface area contributed by atoms with Gasteiger partial charge in [-0.25, -0.2) is 0 Å². The summed E-state index contributed by atoms with van der Waals surface area (Å²) in [6.45, 7) is 4.16. The topological polar surface area (TPSA) is 94.5 Å². The van der Waals surface area contributed by atoms with Gasteiger partial charge in [-0.05, 0) is 55.8 Å². The highest BCUT2D eigenvalue weighted by Gasteiger charge is 2.47. The minimum Gasteiger partial charge on any atom is -0.507 e. The number of alkyl halides is 3. The van der Waals surface area contributed by atoms with Crippen molar-refractivity contribution in [1.82, 2.24) is 0 Å². The van der Waals surface area contributed by atoms with Crippen LogP contribution in [0.15, 0.2) is 72.3 Å². The maximum absolute atomic E-state index is 13.5. The Morgan fingerprint density at radius 3 is 2.20 bits per heavy atom. The van der Waals surface area contributed by atoms with E-state index < -0.39 is 35.6 Å². The summed E-state index contributed by atoms with van der Waals surface area (Å²) in [6.07, 6.45) is -4.97. The second kappa shape index (κ2) is 11.6. The molecular weight excluding hydrogens is 531 g/mol. The lowest BCUT2D eigenvalue weighted by Gasteiger charge is -2.26. The molecule has 1 aliphatic heterocycles. The second-order valence-electron chi connectivity index (χ2n) is 8.51. The first-order valence-corrected chi connectivity index (χ1v) is 12.3. The van der Waals surface area contributed by atoms with E-state index in [1.54, 1.807) is 50.2 Å². The number of carbonyl (C=O) groups excluding carboxylic acids is 2. The third kappa shape index (κ3) is 5.83. The van der Waals surface area contributed by atoms with Gasteiger partial charge in [0.2, 0.25) is 0 Å². The lowest BCUT2D eigenvalue weighted by molar-refractivity contribution is -0.274. The SMILES string of the molecule is CCOc1ccc(/C(O)=C2/C(=O)C(=O)N(c3cccc(OC(F)(F)F)c3)C2c2ccc(OC)cc2)c(OCC)c1. The number of Topliss-reactive ketones (excluding diaryl/α,β-unsaturated/α-hetero) is 1. The van der Waals surface area contributed by atoms with E-state index in [0.29, 0.717) is 23.7 Å². The molecule has 8 nitrogen and oxygen atoms in total. The number of nitrogens with zero attached hydrogens (tertiary/aromatic N) is 1. The number of hydrogen-bond donors (Lipinski definition) is 1. The zero-order chi connectivity index (χ0) is 29.0. The van der Waals surface area contributed by atoms with E-state index in [1.807, 2.05) is 0 Å². The van der Waals surface area contributed by atoms with E-state index in [1.165, 1.54) is 25.3 Å². The summed E-state index contributed by atoms with van der Waals surface area (Å²) in [6, 6.07) is 14.5. The van der Waals surface area contributed by atoms with Crippen molar-refractivity contribution in [2.75, 3.05) is 25.2 Å². The molecule has 1 unspecified atom stereocenters. The molecule has 1 fully saturated rings. The summed E-state index contributed by atoms with van der Waals surface area (Å²) >= 11 is 0. The molecule has 4 rings (SSSR count). The molecule has 1 N–H and O–H groups in total. The summed E-state index contributed by atoms with van der Waals surface area (Å²) < 4.78 is 59.1. The highest BCUT2D eigenvalue weighted by atomic mass is 19.4. The molecule has 0 aliphatic carbocycles. The van der Waals surface area contributed by atoms with Crippen LogP contribution >= 0.6 is 0 Å². The average molecular weight is 558 g/mol. The molecule has 0 spiro atoms. The normalized spacial score (nSPS) is 16.6. The van der Waals surface area contributed by atoms with E-state index in [-0.39, 0.29) is 29.2 Å². The maximum Gasteiger partial charge on any atom is 0.573 e. The predicted octanol–water partition coefficient (Wildman–Crippen LogP) is 6.02. The number of rotatable bonds is 9. The Morgan fingerprint density at radius 2 is 1.57 bits per heavy atom. The van der Waals surface area contributed by atoms with Crippen molar-refractivity contribution in [2.24, 2.45) is 0 Å². The summed E-state index contributed by atoms with van der Waals surface area (Å²) in [4.78, 5) is 27.9. The van der Waals surface area contributed by atoms with E-state index in [4.69, 9.17) is 14.2 Å². The van der Waals surface area contributed by atoms with Crippen LogP contribution in [0.1, 0.15) is 31.0 Å². The number of carbonyl (C=O) groups is 2. The highest BCUT2D eigenvalue weighted by molar-refractivity contribution is 6.51. The third-order valence-corrected chi connectivity index (χ3v) is 6.02. The molecule has 3 aromatic rings. The number of amides is 1. The van der Waals surface area contributed by atoms with Crippen LogP contribution in [-0.4, -0.2) is 43.5 Å². The monoisotopic (exact) mass is 557 g/mol. The second-order valence-corrected chi connectivity index (χ2v) is 8.51. The lowest BCUT2D eigenvalue weighted by atomic mass is 9.94. The van der Waals surface area contributed by atoms with Crippen LogP contribution in [0.5, 0.6) is 23.0 Å². The van der Waals surface area contributed by atoms with Crippen molar-refractivity contribution in [2.45, 2.75) is 26.3 Å². The largest absolute Gasteiger partial charge is 0.573 e. The van der Waals surface area contributed by atoms with Crippen molar-refractivity contribution in [3.63, 3.8) is 0 Å². The van der Waals surface area contributed by atoms with Crippen molar-refractivity contribution in [3.8, 4) is 23.0 Å². The first-order chi connectivity index (χ1) is 19.1. The Balaban J connectivity index is 1.92. The minimum absolute atomic E-state index is 0.0413. The van der Waals surface area contributed by atoms with Crippen LogP contribution in [0.2, 0.25) is 0 Å². The standard InChI is InChI=1S/C29H26F3NO7/c1-4-38-20-13-14-22(23(16-20)39-5-2)26(34)24-25(17-9-11-19(37-3)12-10-17)33(28(36)27(24)35)18-7-6-8-21(15-18)40-29(30,31)32/h6-16,25,34H,4-5H2,1-3H3/b26-24-. The smallest absolute Gasteiger partial charge is 0.507 e. The van der Waals surface area contributed by atoms with Gasteiger partial charge in [0.05, 0.1) is 37.5 Å². The van der Waals surface area contributed by atoms with Crippen LogP contribution < -0.4 is 23.8 Å². The molecule has 0 bridgehead atoms. The molecule has 0 radical (unpaired) electrons. The van der Waals surface area contributed by atoms with E-state index in [2.05, 4.69) is 4.74 Å². The Bertz CT molecular complexity index is 1430. The first-order valence-electron chi connectivity index (χ1n) is 12.3. The zero-order valence-electron chi connectivity index (χ0n) is 21.8. The third-order valence-electron chi connectivity index (χ3n) is 6.02. The summed E-state index contributed by atoms with van der Waals surface area (Å²) in [5, 5.41) is 11.5. The Kier molecular flexibility index (Phi) is 8.22. The fourth-order valence-electron chi connectivity index (χ4n) is 4.41. The number of anilines is 1. The quantitative estimate of drug-likeness (QED) is 0.195. The molecule has 0 aromatic heterocycles. The number of aliphatic hydroxyl groups is 1. The van der Waals surface area contributed by atoms with Crippen LogP contribution in [0.4, 0.5) is 18.9 Å². The molecule has 1 atom stereocenters. The number of aliphatic hydroxyl groups excluding tert-OH is 1. The summed E-state index contributed by atoms with van der Waals surface area (Å²) in [5.74, 6) is -2.00. The molecule has 40 heavy (non-hydrogen) atoms. The predicted molar refractivity (Wildman–Crippen MR) is 140 cm³/mol. The van der Waals surface area contributed by atoms with Crippen molar-refractivity contribution in [3.05, 3.63) is 83.4 Å².